The fraction of sp³-hybridized carbons (Fsp3) is 0.333. The molecule has 4 N–H and O–H groups in total. The zero-order chi connectivity index (χ0) is 12.8. The highest BCUT2D eigenvalue weighted by molar-refractivity contribution is 5.86. The minimum absolute atomic E-state index is 0.110. The van der Waals surface area contributed by atoms with Gasteiger partial charge in [-0.15, -0.1) is 0 Å². The van der Waals surface area contributed by atoms with E-state index in [0.717, 1.165) is 5.56 Å². The standard InChI is InChI=1S/C12H17N3O2/c1-8(10-6-4-3-5-7-10)14-11(16)9(2)15-12(13)17/h3-9H,1-2H3,(H,14,16)(H3,13,15,17)/t8-,9-/m1/s1. The molecule has 0 bridgehead atoms. The first kappa shape index (κ1) is 13.0. The predicted molar refractivity (Wildman–Crippen MR) is 65.2 cm³/mol. The Balaban J connectivity index is 2.54. The molecule has 0 aliphatic carbocycles. The summed E-state index contributed by atoms with van der Waals surface area (Å²) >= 11 is 0. The van der Waals surface area contributed by atoms with Crippen LogP contribution >= 0.6 is 0 Å². The molecule has 0 aliphatic heterocycles. The highest BCUT2D eigenvalue weighted by Crippen LogP contribution is 2.10. The van der Waals surface area contributed by atoms with Crippen LogP contribution in [0.25, 0.3) is 0 Å². The fourth-order valence-electron chi connectivity index (χ4n) is 1.44. The van der Waals surface area contributed by atoms with Gasteiger partial charge in [0.2, 0.25) is 5.91 Å². The van der Waals surface area contributed by atoms with Crippen LogP contribution in [0.1, 0.15) is 25.5 Å². The number of hydrogen-bond acceptors (Lipinski definition) is 2. The molecule has 3 amide bonds. The van der Waals surface area contributed by atoms with E-state index in [2.05, 4.69) is 10.6 Å². The van der Waals surface area contributed by atoms with Crippen LogP contribution in [0, 0.1) is 0 Å². The zero-order valence-electron chi connectivity index (χ0n) is 9.94. The Morgan fingerprint density at radius 2 is 1.71 bits per heavy atom. The van der Waals surface area contributed by atoms with Gasteiger partial charge >= 0.3 is 6.03 Å². The Morgan fingerprint density at radius 1 is 1.12 bits per heavy atom. The lowest BCUT2D eigenvalue weighted by atomic mass is 10.1. The number of rotatable bonds is 4. The molecule has 0 aliphatic rings. The number of nitrogens with two attached hydrogens (primary N) is 1. The van der Waals surface area contributed by atoms with E-state index < -0.39 is 12.1 Å². The van der Waals surface area contributed by atoms with Crippen molar-refractivity contribution in [1.29, 1.82) is 0 Å². The molecule has 1 rings (SSSR count). The Hall–Kier alpha value is -2.04. The van der Waals surface area contributed by atoms with E-state index >= 15 is 0 Å². The molecule has 0 unspecified atom stereocenters. The van der Waals surface area contributed by atoms with E-state index in [1.165, 1.54) is 0 Å². The molecule has 0 aromatic heterocycles. The maximum Gasteiger partial charge on any atom is 0.312 e. The van der Waals surface area contributed by atoms with Crippen molar-refractivity contribution in [3.63, 3.8) is 0 Å². The quantitative estimate of drug-likeness (QED) is 0.725. The second-order valence-electron chi connectivity index (χ2n) is 3.87. The van der Waals surface area contributed by atoms with Crippen molar-refractivity contribution in [2.75, 3.05) is 0 Å². The van der Waals surface area contributed by atoms with E-state index in [1.54, 1.807) is 6.92 Å². The minimum Gasteiger partial charge on any atom is -0.352 e. The number of hydrogen-bond donors (Lipinski definition) is 3. The van der Waals surface area contributed by atoms with Crippen LogP contribution in [0.15, 0.2) is 30.3 Å². The predicted octanol–water partition coefficient (Wildman–Crippen LogP) is 0.921. The Kier molecular flexibility index (Phi) is 4.51. The van der Waals surface area contributed by atoms with E-state index in [0.29, 0.717) is 0 Å². The molecule has 0 saturated carbocycles. The van der Waals surface area contributed by atoms with Gasteiger partial charge in [-0.25, -0.2) is 4.79 Å². The summed E-state index contributed by atoms with van der Waals surface area (Å²) in [6.45, 7) is 3.46. The van der Waals surface area contributed by atoms with Gasteiger partial charge in [-0.2, -0.15) is 0 Å². The third kappa shape index (κ3) is 4.14. The smallest absolute Gasteiger partial charge is 0.312 e. The first-order valence-electron chi connectivity index (χ1n) is 5.42. The highest BCUT2D eigenvalue weighted by atomic mass is 16.2. The number of urea groups is 1. The molecule has 17 heavy (non-hydrogen) atoms. The first-order chi connectivity index (χ1) is 8.00. The number of primary amides is 1. The van der Waals surface area contributed by atoms with Crippen molar-refractivity contribution in [3.05, 3.63) is 35.9 Å². The molecular weight excluding hydrogens is 218 g/mol. The summed E-state index contributed by atoms with van der Waals surface area (Å²) in [6, 6.07) is 8.12. The van der Waals surface area contributed by atoms with Gasteiger partial charge in [-0.1, -0.05) is 30.3 Å². The van der Waals surface area contributed by atoms with Gasteiger partial charge < -0.3 is 16.4 Å². The van der Waals surface area contributed by atoms with Crippen molar-refractivity contribution in [2.24, 2.45) is 5.73 Å². The minimum atomic E-state index is -0.708. The normalized spacial score (nSPS) is 13.5. The molecular formula is C12H17N3O2. The Bertz CT molecular complexity index is 392. The molecule has 0 saturated heterocycles. The van der Waals surface area contributed by atoms with Crippen molar-refractivity contribution in [1.82, 2.24) is 10.6 Å². The van der Waals surface area contributed by atoms with Gasteiger partial charge in [0.25, 0.3) is 0 Å². The van der Waals surface area contributed by atoms with Crippen LogP contribution < -0.4 is 16.4 Å². The second-order valence-corrected chi connectivity index (χ2v) is 3.87. The number of carbonyl (C=O) groups excluding carboxylic acids is 2. The highest BCUT2D eigenvalue weighted by Gasteiger charge is 2.16. The lowest BCUT2D eigenvalue weighted by Crippen LogP contribution is -2.47. The van der Waals surface area contributed by atoms with Crippen LogP contribution in [0.5, 0.6) is 0 Å². The van der Waals surface area contributed by atoms with Crippen LogP contribution in [-0.4, -0.2) is 18.0 Å². The van der Waals surface area contributed by atoms with Gasteiger partial charge in [-0.3, -0.25) is 4.79 Å². The maximum absolute atomic E-state index is 11.7. The van der Waals surface area contributed by atoms with Crippen LogP contribution in [0.2, 0.25) is 0 Å². The molecule has 0 spiro atoms. The molecule has 5 heteroatoms. The SMILES string of the molecule is C[C@@H](NC(N)=O)C(=O)N[C@H](C)c1ccccc1. The summed E-state index contributed by atoms with van der Waals surface area (Å²) in [7, 11) is 0. The van der Waals surface area contributed by atoms with E-state index in [4.69, 9.17) is 5.73 Å². The Labute approximate surface area is 100 Å². The monoisotopic (exact) mass is 235 g/mol. The van der Waals surface area contributed by atoms with Gasteiger partial charge in [0, 0.05) is 0 Å². The molecule has 1 aromatic carbocycles. The van der Waals surface area contributed by atoms with Gasteiger partial charge in [0.15, 0.2) is 0 Å². The lowest BCUT2D eigenvalue weighted by molar-refractivity contribution is -0.123. The molecule has 0 fully saturated rings. The molecule has 2 atom stereocenters. The summed E-state index contributed by atoms with van der Waals surface area (Å²) in [5.41, 5.74) is 5.95. The number of nitrogens with one attached hydrogen (secondary N) is 2. The fourth-order valence-corrected chi connectivity index (χ4v) is 1.44. The van der Waals surface area contributed by atoms with Crippen molar-refractivity contribution in [2.45, 2.75) is 25.9 Å². The van der Waals surface area contributed by atoms with Gasteiger partial charge in [-0.05, 0) is 19.4 Å². The molecule has 1 aromatic rings. The van der Waals surface area contributed by atoms with Gasteiger partial charge in [0.1, 0.15) is 6.04 Å². The summed E-state index contributed by atoms with van der Waals surface area (Å²) in [5, 5.41) is 5.12. The van der Waals surface area contributed by atoms with Crippen LogP contribution in [0.3, 0.4) is 0 Å². The molecule has 0 radical (unpaired) electrons. The number of benzene rings is 1. The maximum atomic E-state index is 11.7. The summed E-state index contributed by atoms with van der Waals surface area (Å²) in [6.07, 6.45) is 0. The number of amides is 3. The third-order valence-electron chi connectivity index (χ3n) is 2.41. The molecule has 5 nitrogen and oxygen atoms in total. The van der Waals surface area contributed by atoms with E-state index in [-0.39, 0.29) is 11.9 Å². The van der Waals surface area contributed by atoms with Crippen molar-refractivity contribution < 1.29 is 9.59 Å². The largest absolute Gasteiger partial charge is 0.352 e. The average molecular weight is 235 g/mol. The molecule has 0 heterocycles. The average Bonchev–Trinajstić information content (AvgIpc) is 2.29. The number of carbonyl (C=O) groups is 2. The summed E-state index contributed by atoms with van der Waals surface area (Å²) in [4.78, 5) is 22.3. The van der Waals surface area contributed by atoms with E-state index in [1.807, 2.05) is 37.3 Å². The second kappa shape index (κ2) is 5.89. The topological polar surface area (TPSA) is 84.2 Å². The van der Waals surface area contributed by atoms with Crippen molar-refractivity contribution in [3.8, 4) is 0 Å². The van der Waals surface area contributed by atoms with Crippen LogP contribution in [0.4, 0.5) is 4.79 Å². The van der Waals surface area contributed by atoms with Crippen molar-refractivity contribution >= 4 is 11.9 Å². The lowest BCUT2D eigenvalue weighted by Gasteiger charge is -2.18. The first-order valence-corrected chi connectivity index (χ1v) is 5.42. The van der Waals surface area contributed by atoms with Gasteiger partial charge in [0.05, 0.1) is 6.04 Å². The zero-order valence-corrected chi connectivity index (χ0v) is 9.94. The summed E-state index contributed by atoms with van der Waals surface area (Å²) < 4.78 is 0. The summed E-state index contributed by atoms with van der Waals surface area (Å²) in [5.74, 6) is -0.264. The molecule has 92 valence electrons. The Morgan fingerprint density at radius 3 is 2.24 bits per heavy atom. The van der Waals surface area contributed by atoms with Crippen LogP contribution in [-0.2, 0) is 4.79 Å². The third-order valence-corrected chi connectivity index (χ3v) is 2.41. The van der Waals surface area contributed by atoms with E-state index in [9.17, 15) is 9.59 Å².